The summed E-state index contributed by atoms with van der Waals surface area (Å²) in [5.74, 6) is 0.767. The van der Waals surface area contributed by atoms with Crippen molar-refractivity contribution in [3.8, 4) is 5.75 Å². The summed E-state index contributed by atoms with van der Waals surface area (Å²) in [5.41, 5.74) is 1.85. The summed E-state index contributed by atoms with van der Waals surface area (Å²) in [4.78, 5) is 11.8. The van der Waals surface area contributed by atoms with E-state index < -0.39 is 0 Å². The molecule has 0 saturated carbocycles. The standard InChI is InChI=1S/C20H26N2O3/c1-2-14-24-15-6-13-21-20(23)22-18-9-11-19(12-10-18)25-16-17-7-4-3-5-8-17/h3-5,7-12H,2,6,13-16H2,1H3,(H2,21,22,23). The SMILES string of the molecule is CCCOCCCNC(=O)Nc1ccc(OCc2ccccc2)cc1. The van der Waals surface area contributed by atoms with Gasteiger partial charge in [0.05, 0.1) is 0 Å². The summed E-state index contributed by atoms with van der Waals surface area (Å²) in [7, 11) is 0. The smallest absolute Gasteiger partial charge is 0.319 e. The number of amides is 2. The summed E-state index contributed by atoms with van der Waals surface area (Å²) in [6, 6.07) is 17.1. The Morgan fingerprint density at radius 2 is 1.76 bits per heavy atom. The Balaban J connectivity index is 1.66. The zero-order valence-electron chi connectivity index (χ0n) is 14.7. The number of hydrogen-bond acceptors (Lipinski definition) is 3. The number of ether oxygens (including phenoxy) is 2. The molecule has 0 saturated heterocycles. The lowest BCUT2D eigenvalue weighted by molar-refractivity contribution is 0.132. The van der Waals surface area contributed by atoms with E-state index >= 15 is 0 Å². The first-order valence-electron chi connectivity index (χ1n) is 8.67. The van der Waals surface area contributed by atoms with E-state index in [1.807, 2.05) is 54.6 Å². The van der Waals surface area contributed by atoms with Crippen LogP contribution in [0.15, 0.2) is 54.6 Å². The van der Waals surface area contributed by atoms with Crippen molar-refractivity contribution in [1.29, 1.82) is 0 Å². The molecule has 0 aliphatic carbocycles. The Labute approximate surface area is 149 Å². The molecule has 0 heterocycles. The number of hydrogen-bond donors (Lipinski definition) is 2. The fraction of sp³-hybridized carbons (Fsp3) is 0.350. The summed E-state index contributed by atoms with van der Waals surface area (Å²) in [5, 5.41) is 5.61. The second kappa shape index (κ2) is 11.1. The maximum absolute atomic E-state index is 11.8. The van der Waals surface area contributed by atoms with Crippen LogP contribution >= 0.6 is 0 Å². The van der Waals surface area contributed by atoms with Gasteiger partial charge < -0.3 is 20.1 Å². The summed E-state index contributed by atoms with van der Waals surface area (Å²) in [6.45, 7) is 4.62. The molecule has 0 radical (unpaired) electrons. The summed E-state index contributed by atoms with van der Waals surface area (Å²) < 4.78 is 11.1. The van der Waals surface area contributed by atoms with Gasteiger partial charge in [-0.15, -0.1) is 0 Å². The van der Waals surface area contributed by atoms with Crippen LogP contribution in [0.2, 0.25) is 0 Å². The van der Waals surface area contributed by atoms with Crippen LogP contribution in [-0.2, 0) is 11.3 Å². The molecular weight excluding hydrogens is 316 g/mol. The number of rotatable bonds is 10. The minimum Gasteiger partial charge on any atom is -0.489 e. The highest BCUT2D eigenvalue weighted by atomic mass is 16.5. The number of nitrogens with one attached hydrogen (secondary N) is 2. The quantitative estimate of drug-likeness (QED) is 0.636. The molecule has 5 heteroatoms. The monoisotopic (exact) mass is 342 g/mol. The van der Waals surface area contributed by atoms with Crippen LogP contribution in [0.3, 0.4) is 0 Å². The van der Waals surface area contributed by atoms with E-state index in [4.69, 9.17) is 9.47 Å². The molecule has 0 unspecified atom stereocenters. The minimum atomic E-state index is -0.214. The van der Waals surface area contributed by atoms with Crippen LogP contribution in [0.1, 0.15) is 25.3 Å². The molecule has 5 nitrogen and oxygen atoms in total. The van der Waals surface area contributed by atoms with Gasteiger partial charge in [0, 0.05) is 25.4 Å². The molecule has 0 spiro atoms. The normalized spacial score (nSPS) is 10.3. The molecular formula is C20H26N2O3. The van der Waals surface area contributed by atoms with Gasteiger partial charge in [-0.2, -0.15) is 0 Å². The number of carbonyl (C=O) groups excluding carboxylic acids is 1. The van der Waals surface area contributed by atoms with Gasteiger partial charge in [-0.3, -0.25) is 0 Å². The van der Waals surface area contributed by atoms with E-state index in [1.165, 1.54) is 0 Å². The lowest BCUT2D eigenvalue weighted by Crippen LogP contribution is -2.30. The molecule has 0 aromatic heterocycles. The highest BCUT2D eigenvalue weighted by molar-refractivity contribution is 5.89. The van der Waals surface area contributed by atoms with Gasteiger partial charge in [-0.25, -0.2) is 4.79 Å². The molecule has 25 heavy (non-hydrogen) atoms. The molecule has 0 aliphatic rings. The van der Waals surface area contributed by atoms with Crippen molar-refractivity contribution in [3.63, 3.8) is 0 Å². The van der Waals surface area contributed by atoms with Crippen molar-refractivity contribution in [2.24, 2.45) is 0 Å². The van der Waals surface area contributed by atoms with E-state index in [2.05, 4.69) is 17.6 Å². The van der Waals surface area contributed by atoms with Gasteiger partial charge in [0.2, 0.25) is 0 Å². The van der Waals surface area contributed by atoms with Gasteiger partial charge in [0.1, 0.15) is 12.4 Å². The lowest BCUT2D eigenvalue weighted by Gasteiger charge is -2.09. The second-order valence-corrected chi connectivity index (χ2v) is 5.65. The van der Waals surface area contributed by atoms with Gasteiger partial charge in [0.15, 0.2) is 0 Å². The Kier molecular flexibility index (Phi) is 8.35. The first-order valence-corrected chi connectivity index (χ1v) is 8.67. The van der Waals surface area contributed by atoms with Crippen molar-refractivity contribution in [2.75, 3.05) is 25.1 Å². The van der Waals surface area contributed by atoms with E-state index in [9.17, 15) is 4.79 Å². The van der Waals surface area contributed by atoms with Crippen LogP contribution in [0.25, 0.3) is 0 Å². The fourth-order valence-electron chi connectivity index (χ4n) is 2.17. The van der Waals surface area contributed by atoms with Gasteiger partial charge in [0.25, 0.3) is 0 Å². The Bertz CT molecular complexity index is 615. The van der Waals surface area contributed by atoms with Gasteiger partial charge in [-0.05, 0) is 42.7 Å². The molecule has 0 fully saturated rings. The molecule has 2 rings (SSSR count). The third-order valence-corrected chi connectivity index (χ3v) is 3.46. The van der Waals surface area contributed by atoms with Gasteiger partial charge >= 0.3 is 6.03 Å². The second-order valence-electron chi connectivity index (χ2n) is 5.65. The largest absolute Gasteiger partial charge is 0.489 e. The maximum Gasteiger partial charge on any atom is 0.319 e. The lowest BCUT2D eigenvalue weighted by atomic mass is 10.2. The molecule has 2 amide bonds. The van der Waals surface area contributed by atoms with Crippen molar-refractivity contribution in [1.82, 2.24) is 5.32 Å². The predicted octanol–water partition coefficient (Wildman–Crippen LogP) is 4.20. The van der Waals surface area contributed by atoms with Crippen LogP contribution in [0.4, 0.5) is 10.5 Å². The maximum atomic E-state index is 11.8. The van der Waals surface area contributed by atoms with Crippen LogP contribution in [0, 0.1) is 0 Å². The van der Waals surface area contributed by atoms with Crippen LogP contribution < -0.4 is 15.4 Å². The Morgan fingerprint density at radius 3 is 2.48 bits per heavy atom. The number of benzene rings is 2. The van der Waals surface area contributed by atoms with E-state index in [0.717, 1.165) is 36.4 Å². The minimum absolute atomic E-state index is 0.214. The third kappa shape index (κ3) is 7.72. The first-order chi connectivity index (χ1) is 12.3. The zero-order chi connectivity index (χ0) is 17.7. The van der Waals surface area contributed by atoms with Gasteiger partial charge in [-0.1, -0.05) is 37.3 Å². The molecule has 134 valence electrons. The topological polar surface area (TPSA) is 59.6 Å². The fourth-order valence-corrected chi connectivity index (χ4v) is 2.17. The number of urea groups is 1. The highest BCUT2D eigenvalue weighted by Gasteiger charge is 2.02. The molecule has 0 aliphatic heterocycles. The zero-order valence-corrected chi connectivity index (χ0v) is 14.7. The number of carbonyl (C=O) groups is 1. The highest BCUT2D eigenvalue weighted by Crippen LogP contribution is 2.17. The number of anilines is 1. The predicted molar refractivity (Wildman–Crippen MR) is 100.0 cm³/mol. The molecule has 2 aromatic rings. The van der Waals surface area contributed by atoms with E-state index in [0.29, 0.717) is 19.8 Å². The summed E-state index contributed by atoms with van der Waals surface area (Å²) >= 11 is 0. The average molecular weight is 342 g/mol. The first kappa shape index (κ1) is 18.8. The van der Waals surface area contributed by atoms with Crippen molar-refractivity contribution >= 4 is 11.7 Å². The third-order valence-electron chi connectivity index (χ3n) is 3.46. The van der Waals surface area contributed by atoms with Crippen molar-refractivity contribution in [2.45, 2.75) is 26.4 Å². The Morgan fingerprint density at radius 1 is 1.00 bits per heavy atom. The summed E-state index contributed by atoms with van der Waals surface area (Å²) in [6.07, 6.45) is 1.82. The molecule has 0 bridgehead atoms. The van der Waals surface area contributed by atoms with E-state index in [-0.39, 0.29) is 6.03 Å². The van der Waals surface area contributed by atoms with E-state index in [1.54, 1.807) is 0 Å². The Hall–Kier alpha value is -2.53. The molecule has 2 aromatic carbocycles. The molecule has 2 N–H and O–H groups in total. The van der Waals surface area contributed by atoms with Crippen molar-refractivity contribution < 1.29 is 14.3 Å². The van der Waals surface area contributed by atoms with Crippen molar-refractivity contribution in [3.05, 3.63) is 60.2 Å². The molecule has 0 atom stereocenters. The van der Waals surface area contributed by atoms with Crippen LogP contribution in [0.5, 0.6) is 5.75 Å². The van der Waals surface area contributed by atoms with Crippen LogP contribution in [-0.4, -0.2) is 25.8 Å². The average Bonchev–Trinajstić information content (AvgIpc) is 2.65.